The van der Waals surface area contributed by atoms with E-state index in [4.69, 9.17) is 4.42 Å². The number of halogens is 1. The summed E-state index contributed by atoms with van der Waals surface area (Å²) in [4.78, 5) is 0. The van der Waals surface area contributed by atoms with E-state index < -0.39 is 0 Å². The fourth-order valence-electron chi connectivity index (χ4n) is 1.34. The summed E-state index contributed by atoms with van der Waals surface area (Å²) < 4.78 is 8.04. The third kappa shape index (κ3) is 1.31. The lowest BCUT2D eigenvalue weighted by atomic mass is 10.2. The Kier molecular flexibility index (Phi) is 2.00. The van der Waals surface area contributed by atoms with Crippen LogP contribution in [0.5, 0.6) is 0 Å². The van der Waals surface area contributed by atoms with Crippen LogP contribution in [0.15, 0.2) is 27.4 Å². The summed E-state index contributed by atoms with van der Waals surface area (Å²) in [5.74, 6) is 0.907. The Labute approximate surface area is 84.5 Å². The van der Waals surface area contributed by atoms with Crippen LogP contribution in [-0.4, -0.2) is 9.78 Å². The standard InChI is InChI=1S/C9H9BrN2O/c1-6-7(3-4-13-6)9-8(10)5-11-12(9)2/h3-5H,1-2H3. The summed E-state index contributed by atoms with van der Waals surface area (Å²) in [6.45, 7) is 1.94. The molecule has 68 valence electrons. The Bertz CT molecular complexity index is 411. The van der Waals surface area contributed by atoms with Gasteiger partial charge in [-0.1, -0.05) is 0 Å². The molecule has 0 fully saturated rings. The van der Waals surface area contributed by atoms with Crippen LogP contribution in [0.2, 0.25) is 0 Å². The van der Waals surface area contributed by atoms with Gasteiger partial charge in [-0.15, -0.1) is 0 Å². The number of hydrogen-bond donors (Lipinski definition) is 0. The maximum absolute atomic E-state index is 5.24. The van der Waals surface area contributed by atoms with Crippen molar-refractivity contribution in [3.63, 3.8) is 0 Å². The largest absolute Gasteiger partial charge is 0.469 e. The molecule has 0 aliphatic rings. The highest BCUT2D eigenvalue weighted by Crippen LogP contribution is 2.30. The van der Waals surface area contributed by atoms with E-state index in [2.05, 4.69) is 21.0 Å². The van der Waals surface area contributed by atoms with Crippen LogP contribution in [-0.2, 0) is 7.05 Å². The third-order valence-corrected chi connectivity index (χ3v) is 2.59. The van der Waals surface area contributed by atoms with Gasteiger partial charge in [0.15, 0.2) is 0 Å². The average molecular weight is 241 g/mol. The molecule has 0 spiro atoms. The van der Waals surface area contributed by atoms with E-state index in [0.29, 0.717) is 0 Å². The molecule has 3 nitrogen and oxygen atoms in total. The molecular weight excluding hydrogens is 232 g/mol. The molecule has 0 radical (unpaired) electrons. The number of aryl methyl sites for hydroxylation is 2. The van der Waals surface area contributed by atoms with Gasteiger partial charge in [0.05, 0.1) is 22.6 Å². The first kappa shape index (κ1) is 8.56. The number of nitrogens with zero attached hydrogens (tertiary/aromatic N) is 2. The van der Waals surface area contributed by atoms with Crippen molar-refractivity contribution in [2.45, 2.75) is 6.92 Å². The summed E-state index contributed by atoms with van der Waals surface area (Å²) in [5.41, 5.74) is 2.12. The summed E-state index contributed by atoms with van der Waals surface area (Å²) in [5, 5.41) is 4.14. The molecule has 0 unspecified atom stereocenters. The number of hydrogen-bond acceptors (Lipinski definition) is 2. The minimum Gasteiger partial charge on any atom is -0.469 e. The quantitative estimate of drug-likeness (QED) is 0.768. The van der Waals surface area contributed by atoms with Crippen LogP contribution in [0, 0.1) is 6.92 Å². The normalized spacial score (nSPS) is 10.7. The fraction of sp³-hybridized carbons (Fsp3) is 0.222. The predicted octanol–water partition coefficient (Wildman–Crippen LogP) is 2.75. The van der Waals surface area contributed by atoms with Gasteiger partial charge in [0.25, 0.3) is 0 Å². The summed E-state index contributed by atoms with van der Waals surface area (Å²) in [6.07, 6.45) is 3.46. The Morgan fingerprint density at radius 3 is 2.77 bits per heavy atom. The molecule has 0 amide bonds. The molecule has 2 heterocycles. The van der Waals surface area contributed by atoms with Gasteiger partial charge in [-0.2, -0.15) is 5.10 Å². The topological polar surface area (TPSA) is 31.0 Å². The molecule has 13 heavy (non-hydrogen) atoms. The second-order valence-electron chi connectivity index (χ2n) is 2.86. The molecule has 0 aliphatic heterocycles. The Morgan fingerprint density at radius 1 is 1.54 bits per heavy atom. The number of rotatable bonds is 1. The van der Waals surface area contributed by atoms with Gasteiger partial charge in [-0.3, -0.25) is 4.68 Å². The molecule has 0 aliphatic carbocycles. The Balaban J connectivity index is 2.64. The van der Waals surface area contributed by atoms with E-state index in [1.54, 1.807) is 12.5 Å². The van der Waals surface area contributed by atoms with Crippen LogP contribution in [0.25, 0.3) is 11.3 Å². The van der Waals surface area contributed by atoms with Crippen LogP contribution < -0.4 is 0 Å². The van der Waals surface area contributed by atoms with Gasteiger partial charge in [0.1, 0.15) is 5.76 Å². The minimum atomic E-state index is 0.907. The smallest absolute Gasteiger partial charge is 0.110 e. The first-order valence-corrected chi connectivity index (χ1v) is 4.71. The SMILES string of the molecule is Cc1occc1-c1c(Br)cnn1C. The zero-order valence-corrected chi connectivity index (χ0v) is 9.00. The van der Waals surface area contributed by atoms with Crippen molar-refractivity contribution in [3.05, 3.63) is 28.8 Å². The molecule has 0 N–H and O–H groups in total. The first-order chi connectivity index (χ1) is 6.20. The lowest BCUT2D eigenvalue weighted by Gasteiger charge is -2.00. The molecule has 0 saturated carbocycles. The molecule has 0 aromatic carbocycles. The molecule has 4 heteroatoms. The second kappa shape index (κ2) is 3.03. The highest BCUT2D eigenvalue weighted by atomic mass is 79.9. The molecule has 2 aromatic heterocycles. The Hall–Kier alpha value is -1.03. The molecule has 0 saturated heterocycles. The van der Waals surface area contributed by atoms with Gasteiger partial charge >= 0.3 is 0 Å². The lowest BCUT2D eigenvalue weighted by Crippen LogP contribution is -1.93. The second-order valence-corrected chi connectivity index (χ2v) is 3.71. The van der Waals surface area contributed by atoms with Crippen molar-refractivity contribution in [1.29, 1.82) is 0 Å². The predicted molar refractivity (Wildman–Crippen MR) is 53.3 cm³/mol. The highest BCUT2D eigenvalue weighted by Gasteiger charge is 2.12. The van der Waals surface area contributed by atoms with Gasteiger partial charge in [-0.05, 0) is 28.9 Å². The van der Waals surface area contributed by atoms with Crippen molar-refractivity contribution < 1.29 is 4.42 Å². The van der Waals surface area contributed by atoms with Gasteiger partial charge in [-0.25, -0.2) is 0 Å². The van der Waals surface area contributed by atoms with Crippen molar-refractivity contribution in [2.24, 2.45) is 7.05 Å². The molecule has 0 atom stereocenters. The van der Waals surface area contributed by atoms with Crippen molar-refractivity contribution in [2.75, 3.05) is 0 Å². The van der Waals surface area contributed by atoms with Gasteiger partial charge in [0, 0.05) is 12.6 Å². The van der Waals surface area contributed by atoms with Crippen LogP contribution >= 0.6 is 15.9 Å². The lowest BCUT2D eigenvalue weighted by molar-refractivity contribution is 0.535. The molecule has 2 aromatic rings. The van der Waals surface area contributed by atoms with E-state index in [-0.39, 0.29) is 0 Å². The summed E-state index contributed by atoms with van der Waals surface area (Å²) in [7, 11) is 1.91. The molecule has 0 bridgehead atoms. The zero-order valence-electron chi connectivity index (χ0n) is 7.41. The number of aromatic nitrogens is 2. The first-order valence-electron chi connectivity index (χ1n) is 3.92. The van der Waals surface area contributed by atoms with E-state index in [9.17, 15) is 0 Å². The van der Waals surface area contributed by atoms with Crippen LogP contribution in [0.4, 0.5) is 0 Å². The zero-order chi connectivity index (χ0) is 9.42. The summed E-state index contributed by atoms with van der Waals surface area (Å²) >= 11 is 3.45. The minimum absolute atomic E-state index is 0.907. The van der Waals surface area contributed by atoms with Crippen LogP contribution in [0.1, 0.15) is 5.76 Å². The third-order valence-electron chi connectivity index (χ3n) is 2.01. The maximum atomic E-state index is 5.24. The number of furan rings is 1. The summed E-state index contributed by atoms with van der Waals surface area (Å²) in [6, 6.07) is 1.94. The van der Waals surface area contributed by atoms with E-state index in [1.807, 2.05) is 24.7 Å². The van der Waals surface area contributed by atoms with Crippen molar-refractivity contribution in [1.82, 2.24) is 9.78 Å². The maximum Gasteiger partial charge on any atom is 0.110 e. The van der Waals surface area contributed by atoms with Crippen molar-refractivity contribution in [3.8, 4) is 11.3 Å². The van der Waals surface area contributed by atoms with Crippen molar-refractivity contribution >= 4 is 15.9 Å². The molecular formula is C9H9BrN2O. The Morgan fingerprint density at radius 2 is 2.31 bits per heavy atom. The van der Waals surface area contributed by atoms with E-state index >= 15 is 0 Å². The molecule has 2 rings (SSSR count). The van der Waals surface area contributed by atoms with Crippen LogP contribution in [0.3, 0.4) is 0 Å². The van der Waals surface area contributed by atoms with E-state index in [0.717, 1.165) is 21.5 Å². The highest BCUT2D eigenvalue weighted by molar-refractivity contribution is 9.10. The average Bonchev–Trinajstić information content (AvgIpc) is 2.60. The van der Waals surface area contributed by atoms with Gasteiger partial charge in [0.2, 0.25) is 0 Å². The van der Waals surface area contributed by atoms with E-state index in [1.165, 1.54) is 0 Å². The monoisotopic (exact) mass is 240 g/mol. The fourth-order valence-corrected chi connectivity index (χ4v) is 1.91. The van der Waals surface area contributed by atoms with Gasteiger partial charge < -0.3 is 4.42 Å².